The number of amides is 2. The highest BCUT2D eigenvalue weighted by Crippen LogP contribution is 2.10. The monoisotopic (exact) mass is 299 g/mol. The Labute approximate surface area is 108 Å². The summed E-state index contributed by atoms with van der Waals surface area (Å²) in [7, 11) is 3.41. The molecule has 1 rings (SSSR count). The van der Waals surface area contributed by atoms with Crippen LogP contribution in [0.1, 0.15) is 10.4 Å². The SMILES string of the molecule is CN(C)NC(=O)CNC(=O)c1ccc(Br)cc1. The summed E-state index contributed by atoms with van der Waals surface area (Å²) in [6.45, 7) is -0.0485. The first-order valence-corrected chi connectivity index (χ1v) is 5.79. The number of hydrogen-bond donors (Lipinski definition) is 2. The molecule has 0 aliphatic rings. The van der Waals surface area contributed by atoms with Gasteiger partial charge in [0.25, 0.3) is 11.8 Å². The van der Waals surface area contributed by atoms with Crippen molar-refractivity contribution >= 4 is 27.7 Å². The maximum absolute atomic E-state index is 11.6. The molecule has 0 radical (unpaired) electrons. The molecule has 92 valence electrons. The molecule has 0 aliphatic heterocycles. The van der Waals surface area contributed by atoms with Gasteiger partial charge in [-0.3, -0.25) is 15.0 Å². The Morgan fingerprint density at radius 1 is 1.24 bits per heavy atom. The van der Waals surface area contributed by atoms with E-state index in [-0.39, 0.29) is 18.4 Å². The Kier molecular flexibility index (Phi) is 5.11. The van der Waals surface area contributed by atoms with Crippen molar-refractivity contribution < 1.29 is 9.59 Å². The topological polar surface area (TPSA) is 61.4 Å². The summed E-state index contributed by atoms with van der Waals surface area (Å²) < 4.78 is 0.902. The summed E-state index contributed by atoms with van der Waals surface area (Å²) in [5.41, 5.74) is 3.05. The van der Waals surface area contributed by atoms with E-state index >= 15 is 0 Å². The van der Waals surface area contributed by atoms with Crippen LogP contribution in [-0.4, -0.2) is 37.5 Å². The molecule has 0 unspecified atom stereocenters. The van der Waals surface area contributed by atoms with Crippen LogP contribution in [0.3, 0.4) is 0 Å². The lowest BCUT2D eigenvalue weighted by Gasteiger charge is -2.12. The molecule has 6 heteroatoms. The van der Waals surface area contributed by atoms with Crippen molar-refractivity contribution in [2.45, 2.75) is 0 Å². The van der Waals surface area contributed by atoms with Gasteiger partial charge in [0.1, 0.15) is 0 Å². The van der Waals surface area contributed by atoms with Crippen LogP contribution >= 0.6 is 15.9 Å². The lowest BCUT2D eigenvalue weighted by molar-refractivity contribution is -0.123. The summed E-state index contributed by atoms with van der Waals surface area (Å²) in [6.07, 6.45) is 0. The quantitative estimate of drug-likeness (QED) is 0.808. The molecule has 0 spiro atoms. The van der Waals surface area contributed by atoms with E-state index in [1.165, 1.54) is 5.01 Å². The smallest absolute Gasteiger partial charge is 0.253 e. The molecule has 2 amide bonds. The zero-order valence-electron chi connectivity index (χ0n) is 9.66. The number of hydrogen-bond acceptors (Lipinski definition) is 3. The van der Waals surface area contributed by atoms with Crippen molar-refractivity contribution in [1.82, 2.24) is 15.8 Å². The Balaban J connectivity index is 2.45. The number of carbonyl (C=O) groups is 2. The molecule has 0 aliphatic carbocycles. The highest BCUT2D eigenvalue weighted by atomic mass is 79.9. The van der Waals surface area contributed by atoms with Crippen LogP contribution < -0.4 is 10.7 Å². The molecule has 0 atom stereocenters. The van der Waals surface area contributed by atoms with Crippen molar-refractivity contribution in [2.24, 2.45) is 0 Å². The first kappa shape index (κ1) is 13.7. The summed E-state index contributed by atoms with van der Waals surface area (Å²) in [6, 6.07) is 6.91. The average Bonchev–Trinajstić information content (AvgIpc) is 2.26. The highest BCUT2D eigenvalue weighted by molar-refractivity contribution is 9.10. The molecule has 2 N–H and O–H groups in total. The molecule has 0 heterocycles. The third kappa shape index (κ3) is 4.97. The van der Waals surface area contributed by atoms with Crippen molar-refractivity contribution in [1.29, 1.82) is 0 Å². The van der Waals surface area contributed by atoms with E-state index < -0.39 is 0 Å². The Hall–Kier alpha value is -1.40. The number of halogens is 1. The fourth-order valence-corrected chi connectivity index (χ4v) is 1.42. The van der Waals surface area contributed by atoms with E-state index in [0.29, 0.717) is 5.56 Å². The van der Waals surface area contributed by atoms with Crippen molar-refractivity contribution in [2.75, 3.05) is 20.6 Å². The first-order chi connectivity index (χ1) is 7.99. The van der Waals surface area contributed by atoms with Gasteiger partial charge >= 0.3 is 0 Å². The Morgan fingerprint density at radius 3 is 2.35 bits per heavy atom. The van der Waals surface area contributed by atoms with E-state index in [2.05, 4.69) is 26.7 Å². The number of hydrazine groups is 1. The fraction of sp³-hybridized carbons (Fsp3) is 0.273. The van der Waals surface area contributed by atoms with Gasteiger partial charge in [-0.25, -0.2) is 5.01 Å². The van der Waals surface area contributed by atoms with Crippen molar-refractivity contribution in [3.63, 3.8) is 0 Å². The van der Waals surface area contributed by atoms with Crippen molar-refractivity contribution in [3.8, 4) is 0 Å². The number of carbonyl (C=O) groups excluding carboxylic acids is 2. The number of nitrogens with zero attached hydrogens (tertiary/aromatic N) is 1. The van der Waals surface area contributed by atoms with E-state index in [0.717, 1.165) is 4.47 Å². The molecular formula is C11H14BrN3O2. The number of nitrogens with one attached hydrogen (secondary N) is 2. The summed E-state index contributed by atoms with van der Waals surface area (Å²) in [4.78, 5) is 22.9. The second kappa shape index (κ2) is 6.36. The van der Waals surface area contributed by atoms with Crippen LogP contribution in [0.2, 0.25) is 0 Å². The first-order valence-electron chi connectivity index (χ1n) is 4.99. The van der Waals surface area contributed by atoms with Gasteiger partial charge in [0.15, 0.2) is 0 Å². The average molecular weight is 300 g/mol. The third-order valence-electron chi connectivity index (χ3n) is 1.86. The lowest BCUT2D eigenvalue weighted by Crippen LogP contribution is -2.43. The van der Waals surface area contributed by atoms with Crippen LogP contribution in [0, 0.1) is 0 Å². The predicted molar refractivity (Wildman–Crippen MR) is 68.3 cm³/mol. The van der Waals surface area contributed by atoms with Crippen molar-refractivity contribution in [3.05, 3.63) is 34.3 Å². The zero-order valence-corrected chi connectivity index (χ0v) is 11.2. The number of rotatable bonds is 4. The van der Waals surface area contributed by atoms with Crippen LogP contribution in [0.25, 0.3) is 0 Å². The maximum Gasteiger partial charge on any atom is 0.253 e. The predicted octanol–water partition coefficient (Wildman–Crippen LogP) is 0.772. The molecule has 0 bridgehead atoms. The second-order valence-corrected chi connectivity index (χ2v) is 4.53. The van der Waals surface area contributed by atoms with E-state index in [1.54, 1.807) is 38.4 Å². The standard InChI is InChI=1S/C11H14BrN3O2/c1-15(2)14-10(16)7-13-11(17)8-3-5-9(12)6-4-8/h3-6H,7H2,1-2H3,(H,13,17)(H,14,16). The Bertz CT molecular complexity index is 404. The van der Waals surface area contributed by atoms with Gasteiger partial charge in [-0.05, 0) is 24.3 Å². The van der Waals surface area contributed by atoms with Gasteiger partial charge in [-0.15, -0.1) is 0 Å². The zero-order chi connectivity index (χ0) is 12.8. The molecule has 0 fully saturated rings. The Morgan fingerprint density at radius 2 is 1.82 bits per heavy atom. The largest absolute Gasteiger partial charge is 0.343 e. The van der Waals surface area contributed by atoms with Crippen LogP contribution in [0.5, 0.6) is 0 Å². The molecule has 0 aromatic heterocycles. The molecule has 17 heavy (non-hydrogen) atoms. The second-order valence-electron chi connectivity index (χ2n) is 3.62. The van der Waals surface area contributed by atoms with E-state index in [9.17, 15) is 9.59 Å². The molecule has 0 saturated carbocycles. The fourth-order valence-electron chi connectivity index (χ4n) is 1.15. The highest BCUT2D eigenvalue weighted by Gasteiger charge is 2.07. The summed E-state index contributed by atoms with van der Waals surface area (Å²) in [5, 5.41) is 4.05. The van der Waals surface area contributed by atoms with E-state index in [4.69, 9.17) is 0 Å². The lowest BCUT2D eigenvalue weighted by atomic mass is 10.2. The van der Waals surface area contributed by atoms with Crippen LogP contribution in [-0.2, 0) is 4.79 Å². The molecular weight excluding hydrogens is 286 g/mol. The van der Waals surface area contributed by atoms with Gasteiger partial charge in [0.2, 0.25) is 0 Å². The summed E-state index contributed by atoms with van der Waals surface area (Å²) >= 11 is 3.28. The van der Waals surface area contributed by atoms with Gasteiger partial charge in [-0.1, -0.05) is 15.9 Å². The maximum atomic E-state index is 11.6. The minimum atomic E-state index is -0.272. The normalized spacial score (nSPS) is 10.1. The minimum Gasteiger partial charge on any atom is -0.343 e. The number of benzene rings is 1. The van der Waals surface area contributed by atoms with Crippen LogP contribution in [0.15, 0.2) is 28.7 Å². The van der Waals surface area contributed by atoms with Crippen LogP contribution in [0.4, 0.5) is 0 Å². The van der Waals surface area contributed by atoms with Gasteiger partial charge in [0, 0.05) is 24.1 Å². The molecule has 1 aromatic carbocycles. The molecule has 1 aromatic rings. The minimum absolute atomic E-state index is 0.0485. The molecule has 0 saturated heterocycles. The molecule has 5 nitrogen and oxygen atoms in total. The van der Waals surface area contributed by atoms with Gasteiger partial charge in [-0.2, -0.15) is 0 Å². The van der Waals surface area contributed by atoms with Gasteiger partial charge in [0.05, 0.1) is 6.54 Å². The third-order valence-corrected chi connectivity index (χ3v) is 2.39. The van der Waals surface area contributed by atoms with Gasteiger partial charge < -0.3 is 5.32 Å². The van der Waals surface area contributed by atoms with E-state index in [1.807, 2.05) is 0 Å². The summed E-state index contributed by atoms with van der Waals surface area (Å²) in [5.74, 6) is -0.535.